The first-order valence-corrected chi connectivity index (χ1v) is 17.1. The third-order valence-corrected chi connectivity index (χ3v) is 9.97. The van der Waals surface area contributed by atoms with Crippen LogP contribution in [-0.2, 0) is 10.8 Å². The van der Waals surface area contributed by atoms with Gasteiger partial charge in [0.1, 0.15) is 11.6 Å². The fourth-order valence-corrected chi connectivity index (χ4v) is 7.35. The van der Waals surface area contributed by atoms with Crippen LogP contribution in [0.2, 0.25) is 0 Å². The highest BCUT2D eigenvalue weighted by Crippen LogP contribution is 2.39. The summed E-state index contributed by atoms with van der Waals surface area (Å²) in [7, 11) is -1.40. The second-order valence-corrected chi connectivity index (χ2v) is 13.5. The molecule has 0 spiro atoms. The molecule has 1 aliphatic heterocycles. The van der Waals surface area contributed by atoms with E-state index in [4.69, 9.17) is 0 Å². The van der Waals surface area contributed by atoms with E-state index in [2.05, 4.69) is 11.8 Å². The highest BCUT2D eigenvalue weighted by Gasteiger charge is 2.56. The standard InChI is InChI=1S/C34H45F6NO2S/c1-3-30(26-11-7-12-27(35)24-26)32(31-17-16-29(42)23-25(31)2)15-5-4-6-19-41-20-8-13-28(41)14-9-21-44(43)22-10-18-33(36,37)34(38,39)40/h7,11-12,16-17,23-24,28,42H,3-6,8-10,13-15,18-22H2,1-2H3/b32-30+. The van der Waals surface area contributed by atoms with Gasteiger partial charge in [-0.25, -0.2) is 4.39 Å². The number of unbranched alkanes of at least 4 members (excludes halogenated alkanes) is 2. The number of halogens is 6. The minimum Gasteiger partial charge on any atom is -0.508 e. The summed E-state index contributed by atoms with van der Waals surface area (Å²) < 4.78 is 89.3. The number of hydrogen-bond donors (Lipinski definition) is 1. The highest BCUT2D eigenvalue weighted by atomic mass is 32.2. The number of likely N-dealkylation sites (tertiary alicyclic amines) is 1. The third kappa shape index (κ3) is 10.6. The van der Waals surface area contributed by atoms with Crippen molar-refractivity contribution in [2.24, 2.45) is 0 Å². The van der Waals surface area contributed by atoms with Crippen LogP contribution in [-0.4, -0.2) is 57.0 Å². The van der Waals surface area contributed by atoms with Crippen LogP contribution in [0.25, 0.3) is 11.1 Å². The monoisotopic (exact) mass is 645 g/mol. The van der Waals surface area contributed by atoms with Crippen LogP contribution >= 0.6 is 0 Å². The SMILES string of the molecule is CC/C(=C(/CCCCCN1CCCC1CCCS(=O)CCCC(F)(F)C(F)(F)F)c1ccc(O)cc1C)c1cccc(F)c1. The Morgan fingerprint density at radius 2 is 1.73 bits per heavy atom. The summed E-state index contributed by atoms with van der Waals surface area (Å²) in [4.78, 5) is 2.46. The van der Waals surface area contributed by atoms with Gasteiger partial charge in [0.15, 0.2) is 0 Å². The van der Waals surface area contributed by atoms with Gasteiger partial charge in [0.25, 0.3) is 0 Å². The quantitative estimate of drug-likeness (QED) is 0.106. The fraction of sp³-hybridized carbons (Fsp3) is 0.588. The van der Waals surface area contributed by atoms with Crippen LogP contribution in [0.15, 0.2) is 42.5 Å². The van der Waals surface area contributed by atoms with Gasteiger partial charge in [-0.2, -0.15) is 22.0 Å². The molecule has 246 valence electrons. The second kappa shape index (κ2) is 16.8. The zero-order valence-corrected chi connectivity index (χ0v) is 26.5. The largest absolute Gasteiger partial charge is 0.508 e. The molecule has 1 fully saturated rings. The average molecular weight is 646 g/mol. The fourth-order valence-electron chi connectivity index (χ4n) is 6.19. The number of allylic oxidation sites excluding steroid dienone is 2. The van der Waals surface area contributed by atoms with Gasteiger partial charge in [-0.15, -0.1) is 0 Å². The zero-order chi connectivity index (χ0) is 32.3. The summed E-state index contributed by atoms with van der Waals surface area (Å²) in [5, 5.41) is 9.96. The maximum atomic E-state index is 14.1. The van der Waals surface area contributed by atoms with Crippen LogP contribution < -0.4 is 0 Å². The van der Waals surface area contributed by atoms with Crippen molar-refractivity contribution in [2.75, 3.05) is 24.6 Å². The van der Waals surface area contributed by atoms with Crippen molar-refractivity contribution in [1.82, 2.24) is 4.90 Å². The molecule has 0 amide bonds. The lowest BCUT2D eigenvalue weighted by atomic mass is 9.87. The smallest absolute Gasteiger partial charge is 0.453 e. The molecule has 1 heterocycles. The molecule has 2 aromatic carbocycles. The predicted octanol–water partition coefficient (Wildman–Crippen LogP) is 9.69. The van der Waals surface area contributed by atoms with Gasteiger partial charge in [0.2, 0.25) is 0 Å². The van der Waals surface area contributed by atoms with Crippen LogP contribution in [0.4, 0.5) is 26.3 Å². The molecule has 44 heavy (non-hydrogen) atoms. The van der Waals surface area contributed by atoms with Crippen molar-refractivity contribution >= 4 is 21.9 Å². The molecule has 0 saturated carbocycles. The number of aryl methyl sites for hydroxylation is 1. The zero-order valence-electron chi connectivity index (χ0n) is 25.7. The van der Waals surface area contributed by atoms with Crippen LogP contribution in [0.1, 0.15) is 94.2 Å². The maximum Gasteiger partial charge on any atom is 0.453 e. The maximum absolute atomic E-state index is 14.1. The van der Waals surface area contributed by atoms with Crippen LogP contribution in [0, 0.1) is 12.7 Å². The molecule has 0 aromatic heterocycles. The van der Waals surface area contributed by atoms with Crippen molar-refractivity contribution in [2.45, 2.75) is 103 Å². The number of aromatic hydroxyl groups is 1. The molecule has 0 aliphatic carbocycles. The molecule has 2 aromatic rings. The first-order chi connectivity index (χ1) is 20.8. The van der Waals surface area contributed by atoms with Crippen molar-refractivity contribution < 1.29 is 35.7 Å². The topological polar surface area (TPSA) is 40.5 Å². The number of rotatable bonds is 17. The first kappa shape index (κ1) is 36.1. The Hall–Kier alpha value is -2.33. The minimum atomic E-state index is -5.56. The van der Waals surface area contributed by atoms with Crippen molar-refractivity contribution in [3.05, 3.63) is 65.0 Å². The van der Waals surface area contributed by atoms with E-state index in [0.29, 0.717) is 18.2 Å². The van der Waals surface area contributed by atoms with E-state index in [0.717, 1.165) is 86.7 Å². The van der Waals surface area contributed by atoms with E-state index in [9.17, 15) is 35.7 Å². The Balaban J connectivity index is 1.48. The predicted molar refractivity (Wildman–Crippen MR) is 167 cm³/mol. The Labute approximate surface area is 260 Å². The Morgan fingerprint density at radius 1 is 0.977 bits per heavy atom. The van der Waals surface area contributed by atoms with Gasteiger partial charge in [-0.05, 0) is 130 Å². The Morgan fingerprint density at radius 3 is 2.41 bits per heavy atom. The third-order valence-electron chi connectivity index (χ3n) is 8.48. The van der Waals surface area contributed by atoms with Crippen molar-refractivity contribution in [1.29, 1.82) is 0 Å². The summed E-state index contributed by atoms with van der Waals surface area (Å²) in [6.07, 6.45) is 0.880. The van der Waals surface area contributed by atoms with Crippen LogP contribution in [0.5, 0.6) is 5.75 Å². The summed E-state index contributed by atoms with van der Waals surface area (Å²) in [6, 6.07) is 12.4. The molecule has 2 unspecified atom stereocenters. The van der Waals surface area contributed by atoms with E-state index in [-0.39, 0.29) is 17.3 Å². The van der Waals surface area contributed by atoms with E-state index in [1.807, 2.05) is 19.1 Å². The number of benzene rings is 2. The molecule has 3 nitrogen and oxygen atoms in total. The molecular weight excluding hydrogens is 600 g/mol. The van der Waals surface area contributed by atoms with E-state index >= 15 is 0 Å². The number of nitrogens with zero attached hydrogens (tertiary/aromatic N) is 1. The lowest BCUT2D eigenvalue weighted by Crippen LogP contribution is -2.36. The lowest BCUT2D eigenvalue weighted by Gasteiger charge is -2.24. The number of phenols is 1. The molecule has 1 saturated heterocycles. The Bertz CT molecular complexity index is 1260. The van der Waals surface area contributed by atoms with Gasteiger partial charge >= 0.3 is 12.1 Å². The van der Waals surface area contributed by atoms with Gasteiger partial charge < -0.3 is 10.0 Å². The van der Waals surface area contributed by atoms with Gasteiger partial charge in [-0.1, -0.05) is 31.5 Å². The average Bonchev–Trinajstić information content (AvgIpc) is 3.39. The van der Waals surface area contributed by atoms with Gasteiger partial charge in [0.05, 0.1) is 0 Å². The molecule has 1 N–H and O–H groups in total. The number of phenolic OH excluding ortho intramolecular Hbond substituents is 1. The molecule has 0 radical (unpaired) electrons. The molecule has 10 heteroatoms. The molecule has 2 atom stereocenters. The lowest BCUT2D eigenvalue weighted by molar-refractivity contribution is -0.284. The van der Waals surface area contributed by atoms with Crippen molar-refractivity contribution in [3.8, 4) is 5.75 Å². The first-order valence-electron chi connectivity index (χ1n) is 15.6. The van der Waals surface area contributed by atoms with Gasteiger partial charge in [-0.3, -0.25) is 4.21 Å². The highest BCUT2D eigenvalue weighted by molar-refractivity contribution is 7.84. The van der Waals surface area contributed by atoms with E-state index in [1.165, 1.54) is 11.6 Å². The second-order valence-electron chi connectivity index (χ2n) is 11.8. The van der Waals surface area contributed by atoms with E-state index in [1.54, 1.807) is 24.3 Å². The molecule has 3 rings (SSSR count). The molecular formula is C34H45F6NO2S. The van der Waals surface area contributed by atoms with Crippen molar-refractivity contribution in [3.63, 3.8) is 0 Å². The molecule has 1 aliphatic rings. The summed E-state index contributed by atoms with van der Waals surface area (Å²) >= 11 is 0. The molecule has 0 bridgehead atoms. The van der Waals surface area contributed by atoms with Gasteiger partial charge in [0, 0.05) is 34.8 Å². The summed E-state index contributed by atoms with van der Waals surface area (Å²) in [5.74, 6) is -4.61. The van der Waals surface area contributed by atoms with E-state index < -0.39 is 35.7 Å². The normalized spacial score (nSPS) is 17.6. The number of hydrogen-bond acceptors (Lipinski definition) is 3. The number of alkyl halides is 5. The minimum absolute atomic E-state index is 0.140. The summed E-state index contributed by atoms with van der Waals surface area (Å²) in [6.45, 7) is 5.99. The Kier molecular flexibility index (Phi) is 13.8. The summed E-state index contributed by atoms with van der Waals surface area (Å²) in [5.41, 5.74) is 5.18. The van der Waals surface area contributed by atoms with Crippen LogP contribution in [0.3, 0.4) is 0 Å².